The second kappa shape index (κ2) is 8.81. The van der Waals surface area contributed by atoms with Crippen LogP contribution in [-0.2, 0) is 4.74 Å². The number of nitrogens with zero attached hydrogens (tertiary/aromatic N) is 1. The van der Waals surface area contributed by atoms with Crippen LogP contribution >= 0.6 is 11.3 Å². The van der Waals surface area contributed by atoms with E-state index in [2.05, 4.69) is 10.2 Å². The lowest BCUT2D eigenvalue weighted by molar-refractivity contribution is -0.0478. The van der Waals surface area contributed by atoms with Crippen LogP contribution in [0.5, 0.6) is 0 Å². The van der Waals surface area contributed by atoms with Crippen LogP contribution in [0.25, 0.3) is 0 Å². The first-order chi connectivity index (χ1) is 11.3. The lowest BCUT2D eigenvalue weighted by Crippen LogP contribution is -2.48. The number of morpholine rings is 1. The van der Waals surface area contributed by atoms with Gasteiger partial charge in [0.1, 0.15) is 0 Å². The predicted octanol–water partition coefficient (Wildman–Crippen LogP) is 3.29. The molecule has 4 nitrogen and oxygen atoms in total. The summed E-state index contributed by atoms with van der Waals surface area (Å²) in [4.78, 5) is 14.6. The Morgan fingerprint density at radius 3 is 2.87 bits per heavy atom. The summed E-state index contributed by atoms with van der Waals surface area (Å²) in [5.41, 5.74) is 0.764. The molecule has 0 unspecified atom stereocenters. The number of ether oxygens (including phenoxy) is 1. The highest BCUT2D eigenvalue weighted by Gasteiger charge is 2.26. The van der Waals surface area contributed by atoms with E-state index in [1.807, 2.05) is 16.8 Å². The fourth-order valence-electron chi connectivity index (χ4n) is 3.71. The second-order valence-electron chi connectivity index (χ2n) is 6.69. The van der Waals surface area contributed by atoms with Crippen molar-refractivity contribution in [3.8, 4) is 0 Å². The molecule has 0 spiro atoms. The van der Waals surface area contributed by atoms with E-state index < -0.39 is 0 Å². The van der Waals surface area contributed by atoms with Crippen LogP contribution in [0.15, 0.2) is 16.8 Å². The van der Waals surface area contributed by atoms with Crippen molar-refractivity contribution in [1.29, 1.82) is 0 Å². The molecule has 0 radical (unpaired) electrons. The number of carbonyl (C=O) groups is 1. The Morgan fingerprint density at radius 2 is 2.13 bits per heavy atom. The predicted molar refractivity (Wildman–Crippen MR) is 94.1 cm³/mol. The molecule has 2 heterocycles. The molecule has 2 aliphatic rings. The molecule has 1 N–H and O–H groups in total. The normalized spacial score (nSPS) is 24.3. The molecule has 5 heteroatoms. The highest BCUT2D eigenvalue weighted by molar-refractivity contribution is 7.08. The van der Waals surface area contributed by atoms with Gasteiger partial charge in [0, 0.05) is 36.6 Å². The number of amides is 1. The van der Waals surface area contributed by atoms with Crippen LogP contribution in [-0.4, -0.2) is 49.2 Å². The van der Waals surface area contributed by atoms with E-state index in [9.17, 15) is 4.79 Å². The molecule has 1 amide bonds. The molecular weight excluding hydrogens is 308 g/mol. The van der Waals surface area contributed by atoms with Gasteiger partial charge in [-0.3, -0.25) is 9.69 Å². The summed E-state index contributed by atoms with van der Waals surface area (Å²) in [7, 11) is 0. The fraction of sp³-hybridized carbons (Fsp3) is 0.722. The Labute approximate surface area is 143 Å². The van der Waals surface area contributed by atoms with E-state index in [0.29, 0.717) is 6.54 Å². The zero-order valence-electron chi connectivity index (χ0n) is 13.8. The maximum Gasteiger partial charge on any atom is 0.252 e. The third-order valence-corrected chi connectivity index (χ3v) is 5.73. The number of hydrogen-bond donors (Lipinski definition) is 1. The molecule has 128 valence electrons. The Morgan fingerprint density at radius 1 is 1.30 bits per heavy atom. The number of nitrogens with one attached hydrogen (secondary N) is 1. The topological polar surface area (TPSA) is 41.6 Å². The first-order valence-electron chi connectivity index (χ1n) is 8.99. The molecule has 2 fully saturated rings. The quantitative estimate of drug-likeness (QED) is 0.839. The molecule has 0 aromatic carbocycles. The highest BCUT2D eigenvalue weighted by Crippen LogP contribution is 2.24. The van der Waals surface area contributed by atoms with E-state index in [1.54, 1.807) is 11.3 Å². The van der Waals surface area contributed by atoms with Crippen molar-refractivity contribution < 1.29 is 9.53 Å². The largest absolute Gasteiger partial charge is 0.375 e. The maximum atomic E-state index is 11.9. The van der Waals surface area contributed by atoms with E-state index in [4.69, 9.17) is 4.74 Å². The molecule has 1 aromatic heterocycles. The van der Waals surface area contributed by atoms with Gasteiger partial charge in [-0.1, -0.05) is 25.7 Å². The van der Waals surface area contributed by atoms with Crippen LogP contribution in [0.3, 0.4) is 0 Å². The van der Waals surface area contributed by atoms with Gasteiger partial charge in [-0.25, -0.2) is 0 Å². The van der Waals surface area contributed by atoms with Gasteiger partial charge >= 0.3 is 0 Å². The fourth-order valence-corrected chi connectivity index (χ4v) is 4.35. The summed E-state index contributed by atoms with van der Waals surface area (Å²) in [5.74, 6) is 0.0303. The Hall–Kier alpha value is -0.910. The molecule has 1 aliphatic heterocycles. The number of rotatable bonds is 5. The van der Waals surface area contributed by atoms with Crippen LogP contribution in [0.1, 0.15) is 55.3 Å². The molecule has 1 saturated carbocycles. The average Bonchev–Trinajstić information content (AvgIpc) is 2.98. The van der Waals surface area contributed by atoms with Crippen LogP contribution in [0.2, 0.25) is 0 Å². The summed E-state index contributed by atoms with van der Waals surface area (Å²) in [6.07, 6.45) is 9.42. The van der Waals surface area contributed by atoms with Crippen molar-refractivity contribution in [2.45, 2.75) is 57.1 Å². The van der Waals surface area contributed by atoms with Gasteiger partial charge in [-0.2, -0.15) is 11.3 Å². The van der Waals surface area contributed by atoms with E-state index in [0.717, 1.165) is 37.7 Å². The van der Waals surface area contributed by atoms with Crippen molar-refractivity contribution in [3.63, 3.8) is 0 Å². The van der Waals surface area contributed by atoms with Gasteiger partial charge in [0.2, 0.25) is 0 Å². The molecule has 1 saturated heterocycles. The first kappa shape index (κ1) is 16.9. The zero-order valence-corrected chi connectivity index (χ0v) is 14.7. The zero-order chi connectivity index (χ0) is 15.9. The summed E-state index contributed by atoms with van der Waals surface area (Å²) >= 11 is 1.56. The summed E-state index contributed by atoms with van der Waals surface area (Å²) < 4.78 is 5.91. The third kappa shape index (κ3) is 5.03. The van der Waals surface area contributed by atoms with Crippen LogP contribution < -0.4 is 5.32 Å². The Balaban J connectivity index is 1.40. The lowest BCUT2D eigenvalue weighted by Gasteiger charge is -2.38. The highest BCUT2D eigenvalue weighted by atomic mass is 32.1. The summed E-state index contributed by atoms with van der Waals surface area (Å²) in [6.45, 7) is 3.62. The minimum atomic E-state index is 0.0303. The minimum absolute atomic E-state index is 0.0303. The average molecular weight is 337 g/mol. The summed E-state index contributed by atoms with van der Waals surface area (Å²) in [6, 6.07) is 2.62. The van der Waals surface area contributed by atoms with Gasteiger partial charge in [0.25, 0.3) is 5.91 Å². The van der Waals surface area contributed by atoms with Gasteiger partial charge in [-0.05, 0) is 30.7 Å². The standard InChI is InChI=1S/C18H28N2O2S/c21-18(15-8-12-23-14-15)19-9-7-17-13-20(10-11-22-17)16-5-3-1-2-4-6-16/h8,12,14,16-17H,1-7,9-11,13H2,(H,19,21)/t17-/m1/s1. The summed E-state index contributed by atoms with van der Waals surface area (Å²) in [5, 5.41) is 6.83. The number of hydrogen-bond acceptors (Lipinski definition) is 4. The molecule has 1 aromatic rings. The monoisotopic (exact) mass is 336 g/mol. The van der Waals surface area contributed by atoms with Crippen molar-refractivity contribution in [3.05, 3.63) is 22.4 Å². The van der Waals surface area contributed by atoms with E-state index >= 15 is 0 Å². The van der Waals surface area contributed by atoms with E-state index in [-0.39, 0.29) is 12.0 Å². The van der Waals surface area contributed by atoms with Gasteiger partial charge in [0.05, 0.1) is 12.7 Å². The lowest BCUT2D eigenvalue weighted by atomic mass is 10.1. The smallest absolute Gasteiger partial charge is 0.252 e. The van der Waals surface area contributed by atoms with Crippen molar-refractivity contribution in [2.24, 2.45) is 0 Å². The molecule has 23 heavy (non-hydrogen) atoms. The van der Waals surface area contributed by atoms with Crippen LogP contribution in [0.4, 0.5) is 0 Å². The molecule has 1 aliphatic carbocycles. The number of carbonyl (C=O) groups excluding carboxylic acids is 1. The van der Waals surface area contributed by atoms with Gasteiger partial charge in [-0.15, -0.1) is 0 Å². The van der Waals surface area contributed by atoms with Gasteiger partial charge in [0.15, 0.2) is 0 Å². The maximum absolute atomic E-state index is 11.9. The molecule has 3 rings (SSSR count). The number of thiophene rings is 1. The Bertz CT molecular complexity index is 469. The second-order valence-corrected chi connectivity index (χ2v) is 7.47. The molecule has 0 bridgehead atoms. The SMILES string of the molecule is O=C(NCC[C@@H]1CN(C2CCCCCC2)CCO1)c1ccsc1. The van der Waals surface area contributed by atoms with Crippen LogP contribution in [0, 0.1) is 0 Å². The van der Waals surface area contributed by atoms with Crippen molar-refractivity contribution in [1.82, 2.24) is 10.2 Å². The van der Waals surface area contributed by atoms with Crippen molar-refractivity contribution >= 4 is 17.2 Å². The first-order valence-corrected chi connectivity index (χ1v) is 9.93. The van der Waals surface area contributed by atoms with Crippen molar-refractivity contribution in [2.75, 3.05) is 26.2 Å². The minimum Gasteiger partial charge on any atom is -0.375 e. The van der Waals surface area contributed by atoms with E-state index in [1.165, 1.54) is 38.5 Å². The Kier molecular flexibility index (Phi) is 6.48. The molecule has 1 atom stereocenters. The van der Waals surface area contributed by atoms with Gasteiger partial charge < -0.3 is 10.1 Å². The molecular formula is C18H28N2O2S. The third-order valence-electron chi connectivity index (χ3n) is 5.05.